The van der Waals surface area contributed by atoms with Crippen LogP contribution in [-0.2, 0) is 13.0 Å². The van der Waals surface area contributed by atoms with E-state index in [2.05, 4.69) is 12.0 Å². The first kappa shape index (κ1) is 25.4. The first-order chi connectivity index (χ1) is 17.8. The second kappa shape index (κ2) is 10.3. The van der Waals surface area contributed by atoms with Crippen molar-refractivity contribution in [2.24, 2.45) is 16.4 Å². The van der Waals surface area contributed by atoms with Gasteiger partial charge in [-0.15, -0.1) is 5.11 Å². The van der Waals surface area contributed by atoms with E-state index in [0.29, 0.717) is 40.7 Å². The lowest BCUT2D eigenvalue weighted by molar-refractivity contribution is 0.0744. The molecule has 8 heteroatoms. The third-order valence-electron chi connectivity index (χ3n) is 7.58. The van der Waals surface area contributed by atoms with Gasteiger partial charge in [0.2, 0.25) is 0 Å². The summed E-state index contributed by atoms with van der Waals surface area (Å²) >= 11 is 13.2. The zero-order valence-corrected chi connectivity index (χ0v) is 22.0. The summed E-state index contributed by atoms with van der Waals surface area (Å²) in [6.07, 6.45) is 5.18. The number of ketones is 1. The van der Waals surface area contributed by atoms with Crippen LogP contribution in [0.1, 0.15) is 59.7 Å². The summed E-state index contributed by atoms with van der Waals surface area (Å²) in [6, 6.07) is 16.2. The quantitative estimate of drug-likeness (QED) is 0.180. The summed E-state index contributed by atoms with van der Waals surface area (Å²) < 4.78 is 12.0. The van der Waals surface area contributed by atoms with Crippen LogP contribution in [0.3, 0.4) is 0 Å². The Morgan fingerprint density at radius 1 is 1.05 bits per heavy atom. The van der Waals surface area contributed by atoms with Gasteiger partial charge in [0.1, 0.15) is 28.9 Å². The molecule has 0 saturated heterocycles. The monoisotopic (exact) mass is 535 g/mol. The Bertz CT molecular complexity index is 1380. The Labute approximate surface area is 225 Å². The minimum atomic E-state index is -0.426. The van der Waals surface area contributed by atoms with Gasteiger partial charge < -0.3 is 9.47 Å². The molecule has 0 aromatic heterocycles. The van der Waals surface area contributed by atoms with Gasteiger partial charge in [-0.3, -0.25) is 10.2 Å². The van der Waals surface area contributed by atoms with Crippen LogP contribution >= 0.6 is 23.2 Å². The normalized spacial score (nSPS) is 19.1. The van der Waals surface area contributed by atoms with E-state index in [9.17, 15) is 4.79 Å². The topological polar surface area (TPSA) is 95.6 Å². The molecule has 0 heterocycles. The van der Waals surface area contributed by atoms with Gasteiger partial charge in [0.15, 0.2) is 11.6 Å². The molecule has 1 saturated carbocycles. The van der Waals surface area contributed by atoms with E-state index in [1.54, 1.807) is 24.3 Å². The minimum Gasteiger partial charge on any atom is -0.487 e. The van der Waals surface area contributed by atoms with Crippen molar-refractivity contribution in [2.45, 2.75) is 45.6 Å². The van der Waals surface area contributed by atoms with E-state index in [0.717, 1.165) is 24.0 Å². The van der Waals surface area contributed by atoms with Crippen LogP contribution in [0, 0.1) is 22.3 Å². The molecule has 37 heavy (non-hydrogen) atoms. The first-order valence-corrected chi connectivity index (χ1v) is 13.1. The maximum atomic E-state index is 13.4. The number of benzene rings is 3. The van der Waals surface area contributed by atoms with Gasteiger partial charge in [0.05, 0.1) is 5.02 Å². The van der Waals surface area contributed by atoms with Crippen LogP contribution in [0.4, 0.5) is 0 Å². The second-order valence-electron chi connectivity index (χ2n) is 9.96. The molecule has 0 radical (unpaired) electrons. The highest BCUT2D eigenvalue weighted by Crippen LogP contribution is 2.52. The Kier molecular flexibility index (Phi) is 7.06. The molecule has 0 bridgehead atoms. The maximum Gasteiger partial charge on any atom is 0.173 e. The van der Waals surface area contributed by atoms with Crippen LogP contribution in [0.25, 0.3) is 0 Å². The number of fused-ring (bicyclic) bond motifs is 1. The smallest absolute Gasteiger partial charge is 0.173 e. The van der Waals surface area contributed by atoms with Gasteiger partial charge in [0.25, 0.3) is 0 Å². The lowest BCUT2D eigenvalue weighted by atomic mass is 9.73. The molecule has 190 valence electrons. The lowest BCUT2D eigenvalue weighted by Crippen LogP contribution is -2.32. The highest BCUT2D eigenvalue weighted by molar-refractivity contribution is 6.45. The Balaban J connectivity index is 1.30. The molecule has 1 unspecified atom stereocenters. The minimum absolute atomic E-state index is 0.108. The standard InChI is InChI=1S/C29H27Cl2N3O3/c1-29(20-6-2-3-7-20)15-19-14-23(25(30)26(31)24(19)27(29)35)36-16-17-5-4-8-22(13-17)37-21-11-9-18(10-12-21)28(32)34-33/h4-5,8-14,20,32-33H,2-3,6-7,15-16H2,1H3. The maximum absolute atomic E-state index is 13.4. The summed E-state index contributed by atoms with van der Waals surface area (Å²) in [7, 11) is 0. The zero-order valence-electron chi connectivity index (χ0n) is 20.4. The van der Waals surface area contributed by atoms with Crippen molar-refractivity contribution < 1.29 is 14.3 Å². The van der Waals surface area contributed by atoms with Crippen molar-refractivity contribution in [3.63, 3.8) is 0 Å². The predicted octanol–water partition coefficient (Wildman–Crippen LogP) is 8.66. The second-order valence-corrected chi connectivity index (χ2v) is 10.7. The fourth-order valence-electron chi connectivity index (χ4n) is 5.54. The molecule has 2 aliphatic rings. The number of carbonyl (C=O) groups is 1. The van der Waals surface area contributed by atoms with E-state index in [1.807, 2.05) is 30.3 Å². The van der Waals surface area contributed by atoms with Gasteiger partial charge >= 0.3 is 0 Å². The van der Waals surface area contributed by atoms with E-state index in [1.165, 1.54) is 12.8 Å². The Morgan fingerprint density at radius 3 is 2.49 bits per heavy atom. The van der Waals surface area contributed by atoms with Crippen LogP contribution in [-0.4, -0.2) is 11.6 Å². The summed E-state index contributed by atoms with van der Waals surface area (Å²) in [6.45, 7) is 2.32. The van der Waals surface area contributed by atoms with Crippen LogP contribution in [0.2, 0.25) is 10.0 Å². The molecule has 0 aliphatic heterocycles. The highest BCUT2D eigenvalue weighted by atomic mass is 35.5. The zero-order chi connectivity index (χ0) is 26.2. The molecule has 0 amide bonds. The summed E-state index contributed by atoms with van der Waals surface area (Å²) in [5, 5.41) is 11.3. The first-order valence-electron chi connectivity index (χ1n) is 12.3. The van der Waals surface area contributed by atoms with E-state index >= 15 is 0 Å². The average molecular weight is 536 g/mol. The number of ether oxygens (including phenoxy) is 2. The van der Waals surface area contributed by atoms with Gasteiger partial charge in [-0.2, -0.15) is 0 Å². The molecule has 1 atom stereocenters. The molecular weight excluding hydrogens is 509 g/mol. The largest absolute Gasteiger partial charge is 0.487 e. The van der Waals surface area contributed by atoms with Crippen molar-refractivity contribution in [1.29, 1.82) is 10.9 Å². The molecule has 3 aromatic rings. The molecule has 6 nitrogen and oxygen atoms in total. The van der Waals surface area contributed by atoms with Gasteiger partial charge in [0, 0.05) is 16.5 Å². The Morgan fingerprint density at radius 2 is 1.78 bits per heavy atom. The van der Waals surface area contributed by atoms with Crippen molar-refractivity contribution in [3.05, 3.63) is 86.9 Å². The Hall–Kier alpha value is -3.22. The third-order valence-corrected chi connectivity index (χ3v) is 8.43. The van der Waals surface area contributed by atoms with Gasteiger partial charge in [-0.25, -0.2) is 5.53 Å². The molecule has 1 fully saturated rings. The van der Waals surface area contributed by atoms with Crippen molar-refractivity contribution >= 4 is 34.8 Å². The predicted molar refractivity (Wildman–Crippen MR) is 144 cm³/mol. The summed E-state index contributed by atoms with van der Waals surface area (Å²) in [5.74, 6) is 2.08. The lowest BCUT2D eigenvalue weighted by Gasteiger charge is -2.29. The number of rotatable bonds is 7. The summed E-state index contributed by atoms with van der Waals surface area (Å²) in [5.41, 5.74) is 9.42. The molecule has 2 aliphatic carbocycles. The van der Waals surface area contributed by atoms with Crippen LogP contribution in [0.15, 0.2) is 59.7 Å². The van der Waals surface area contributed by atoms with E-state index in [4.69, 9.17) is 43.6 Å². The molecule has 3 aromatic carbocycles. The SMILES string of the molecule is CC1(C2CCCC2)Cc2cc(OCc3cccc(Oc4ccc(C(=N)N=N)cc4)c3)c(Cl)c(Cl)c2C1=O. The number of nitrogens with one attached hydrogen (secondary N) is 2. The number of amidine groups is 1. The number of nitrogens with zero attached hydrogens (tertiary/aromatic N) is 1. The number of halogens is 2. The van der Waals surface area contributed by atoms with Crippen molar-refractivity contribution in [2.75, 3.05) is 0 Å². The number of hydrogen-bond donors (Lipinski definition) is 2. The van der Waals surface area contributed by atoms with E-state index in [-0.39, 0.29) is 28.3 Å². The highest BCUT2D eigenvalue weighted by Gasteiger charge is 2.49. The van der Waals surface area contributed by atoms with Gasteiger partial charge in [-0.1, -0.05) is 55.1 Å². The average Bonchev–Trinajstić information content (AvgIpc) is 3.53. The van der Waals surface area contributed by atoms with Crippen molar-refractivity contribution in [1.82, 2.24) is 0 Å². The number of hydrogen-bond acceptors (Lipinski definition) is 5. The number of Topliss-reactive ketones (excluding diaryl/α,β-unsaturated/α-hetero) is 1. The third kappa shape index (κ3) is 4.88. The summed E-state index contributed by atoms with van der Waals surface area (Å²) in [4.78, 5) is 13.4. The molecular formula is C29H27Cl2N3O3. The van der Waals surface area contributed by atoms with Crippen LogP contribution < -0.4 is 9.47 Å². The van der Waals surface area contributed by atoms with Crippen LogP contribution in [0.5, 0.6) is 17.2 Å². The fourth-order valence-corrected chi connectivity index (χ4v) is 6.04. The molecule has 5 rings (SSSR count). The fraction of sp³-hybridized carbons (Fsp3) is 0.310. The number of carbonyl (C=O) groups excluding carboxylic acids is 1. The van der Waals surface area contributed by atoms with Crippen molar-refractivity contribution in [3.8, 4) is 17.2 Å². The molecule has 2 N–H and O–H groups in total. The van der Waals surface area contributed by atoms with E-state index < -0.39 is 5.41 Å². The van der Waals surface area contributed by atoms with Gasteiger partial charge in [-0.05, 0) is 78.8 Å². The molecule has 0 spiro atoms.